The summed E-state index contributed by atoms with van der Waals surface area (Å²) >= 11 is 0. The molecule has 0 bridgehead atoms. The van der Waals surface area contributed by atoms with Gasteiger partial charge in [0, 0.05) is 31.9 Å². The van der Waals surface area contributed by atoms with Gasteiger partial charge in [-0.15, -0.1) is 0 Å². The summed E-state index contributed by atoms with van der Waals surface area (Å²) in [6, 6.07) is 8.52. The predicted molar refractivity (Wildman–Crippen MR) is 118 cm³/mol. The number of nitriles is 1. The first-order chi connectivity index (χ1) is 16.0. The van der Waals surface area contributed by atoms with E-state index in [2.05, 4.69) is 15.0 Å². The minimum Gasteiger partial charge on any atom is -0.493 e. The number of hydrogen-bond donors (Lipinski definition) is 1. The topological polar surface area (TPSA) is 98.3 Å². The van der Waals surface area contributed by atoms with Gasteiger partial charge in [-0.1, -0.05) is 6.07 Å². The van der Waals surface area contributed by atoms with Crippen LogP contribution in [0.25, 0.3) is 16.9 Å². The molecule has 4 heterocycles. The SMILES string of the molecule is Cc1c(-c2cnn(-c3ccc(C(=O)N4CCN5CCC[C@@H]5C4)cn3)c2O)ccc(C#N)c1F. The lowest BCUT2D eigenvalue weighted by atomic mass is 10.00. The van der Waals surface area contributed by atoms with Gasteiger partial charge in [-0.3, -0.25) is 9.69 Å². The van der Waals surface area contributed by atoms with Gasteiger partial charge in [-0.25, -0.2) is 9.37 Å². The molecule has 9 heteroatoms. The highest BCUT2D eigenvalue weighted by molar-refractivity contribution is 5.94. The molecule has 168 valence electrons. The molecule has 1 atom stereocenters. The smallest absolute Gasteiger partial charge is 0.255 e. The number of carbonyl (C=O) groups is 1. The number of aromatic hydroxyl groups is 1. The average molecular weight is 446 g/mol. The minimum atomic E-state index is -0.624. The molecule has 2 aromatic heterocycles. The summed E-state index contributed by atoms with van der Waals surface area (Å²) < 4.78 is 15.6. The molecule has 0 unspecified atom stereocenters. The zero-order chi connectivity index (χ0) is 23.1. The van der Waals surface area contributed by atoms with Crippen molar-refractivity contribution in [1.82, 2.24) is 24.6 Å². The van der Waals surface area contributed by atoms with E-state index in [0.717, 1.165) is 26.1 Å². The fourth-order valence-electron chi connectivity index (χ4n) is 4.76. The zero-order valence-electron chi connectivity index (χ0n) is 18.2. The van der Waals surface area contributed by atoms with Gasteiger partial charge in [0.1, 0.15) is 11.9 Å². The van der Waals surface area contributed by atoms with Crippen LogP contribution in [0, 0.1) is 24.1 Å². The van der Waals surface area contributed by atoms with Crippen molar-refractivity contribution in [1.29, 1.82) is 5.26 Å². The molecule has 0 spiro atoms. The quantitative estimate of drug-likeness (QED) is 0.664. The van der Waals surface area contributed by atoms with Gasteiger partial charge in [0.25, 0.3) is 5.91 Å². The van der Waals surface area contributed by atoms with Crippen molar-refractivity contribution in [3.8, 4) is 28.9 Å². The molecule has 8 nitrogen and oxygen atoms in total. The number of pyridine rings is 1. The summed E-state index contributed by atoms with van der Waals surface area (Å²) in [5.41, 5.74) is 1.45. The van der Waals surface area contributed by atoms with Crippen molar-refractivity contribution in [3.05, 3.63) is 59.2 Å². The highest BCUT2D eigenvalue weighted by Gasteiger charge is 2.32. The van der Waals surface area contributed by atoms with E-state index >= 15 is 0 Å². The molecular formula is C24H23FN6O2. The Bertz CT molecular complexity index is 1260. The maximum Gasteiger partial charge on any atom is 0.255 e. The second-order valence-electron chi connectivity index (χ2n) is 8.49. The monoisotopic (exact) mass is 446 g/mol. The van der Waals surface area contributed by atoms with E-state index < -0.39 is 5.82 Å². The summed E-state index contributed by atoms with van der Waals surface area (Å²) in [4.78, 5) is 21.6. The molecule has 0 saturated carbocycles. The van der Waals surface area contributed by atoms with Crippen LogP contribution >= 0.6 is 0 Å². The van der Waals surface area contributed by atoms with Crippen LogP contribution in [0.15, 0.2) is 36.7 Å². The summed E-state index contributed by atoms with van der Waals surface area (Å²) in [5.74, 6) is -0.537. The molecule has 0 aliphatic carbocycles. The van der Waals surface area contributed by atoms with E-state index in [0.29, 0.717) is 35.1 Å². The first-order valence-corrected chi connectivity index (χ1v) is 10.9. The number of hydrogen-bond acceptors (Lipinski definition) is 6. The third-order valence-corrected chi connectivity index (χ3v) is 6.63. The van der Waals surface area contributed by atoms with E-state index in [1.807, 2.05) is 11.0 Å². The van der Waals surface area contributed by atoms with Gasteiger partial charge >= 0.3 is 0 Å². The molecule has 5 rings (SSSR count). The highest BCUT2D eigenvalue weighted by Crippen LogP contribution is 2.34. The van der Waals surface area contributed by atoms with E-state index in [1.54, 1.807) is 25.1 Å². The molecule has 2 saturated heterocycles. The molecule has 2 aliphatic heterocycles. The van der Waals surface area contributed by atoms with Gasteiger partial charge in [0.05, 0.1) is 22.9 Å². The summed E-state index contributed by atoms with van der Waals surface area (Å²) in [5, 5.41) is 23.9. The fourth-order valence-corrected chi connectivity index (χ4v) is 4.76. The van der Waals surface area contributed by atoms with Crippen LogP contribution in [0.1, 0.15) is 34.3 Å². The maximum atomic E-state index is 14.4. The minimum absolute atomic E-state index is 0.0466. The Morgan fingerprint density at radius 2 is 2.03 bits per heavy atom. The molecule has 33 heavy (non-hydrogen) atoms. The normalized spacial score (nSPS) is 18.2. The maximum absolute atomic E-state index is 14.4. The lowest BCUT2D eigenvalue weighted by Crippen LogP contribution is -2.52. The van der Waals surface area contributed by atoms with Crippen molar-refractivity contribution in [3.63, 3.8) is 0 Å². The van der Waals surface area contributed by atoms with Gasteiger partial charge in [0.15, 0.2) is 5.82 Å². The standard InChI is InChI=1S/C24H23FN6O2/c1-15-19(6-4-16(11-26)22(15)25)20-13-28-31(24(20)33)21-7-5-17(12-27-21)23(32)30-10-9-29-8-2-3-18(29)14-30/h4-7,12-13,18,33H,2-3,8-10,14H2,1H3/t18-/m1/s1. The van der Waals surface area contributed by atoms with Crippen LogP contribution in [0.4, 0.5) is 4.39 Å². The lowest BCUT2D eigenvalue weighted by Gasteiger charge is -2.37. The first kappa shape index (κ1) is 21.1. The molecular weight excluding hydrogens is 423 g/mol. The van der Waals surface area contributed by atoms with Crippen molar-refractivity contribution in [2.24, 2.45) is 0 Å². The zero-order valence-corrected chi connectivity index (χ0v) is 18.2. The second-order valence-corrected chi connectivity index (χ2v) is 8.49. The van der Waals surface area contributed by atoms with Crippen LogP contribution in [-0.2, 0) is 0 Å². The highest BCUT2D eigenvalue weighted by atomic mass is 19.1. The van der Waals surface area contributed by atoms with E-state index in [1.165, 1.54) is 29.6 Å². The average Bonchev–Trinajstić information content (AvgIpc) is 3.46. The van der Waals surface area contributed by atoms with Crippen LogP contribution < -0.4 is 0 Å². The third kappa shape index (κ3) is 3.62. The van der Waals surface area contributed by atoms with E-state index in [-0.39, 0.29) is 22.9 Å². The second kappa shape index (κ2) is 8.30. The third-order valence-electron chi connectivity index (χ3n) is 6.63. The molecule has 2 fully saturated rings. The Morgan fingerprint density at radius 1 is 1.18 bits per heavy atom. The van der Waals surface area contributed by atoms with E-state index in [9.17, 15) is 14.3 Å². The number of rotatable bonds is 3. The van der Waals surface area contributed by atoms with Crippen molar-refractivity contribution < 1.29 is 14.3 Å². The number of aromatic nitrogens is 3. The van der Waals surface area contributed by atoms with Crippen molar-refractivity contribution in [2.45, 2.75) is 25.8 Å². The Morgan fingerprint density at radius 3 is 2.79 bits per heavy atom. The lowest BCUT2D eigenvalue weighted by molar-refractivity contribution is 0.0571. The largest absolute Gasteiger partial charge is 0.493 e. The van der Waals surface area contributed by atoms with Gasteiger partial charge in [-0.2, -0.15) is 15.0 Å². The number of piperazine rings is 1. The Hall–Kier alpha value is -3.77. The summed E-state index contributed by atoms with van der Waals surface area (Å²) in [6.07, 6.45) is 5.23. The number of fused-ring (bicyclic) bond motifs is 1. The number of benzene rings is 1. The molecule has 1 amide bonds. The van der Waals surface area contributed by atoms with Crippen LogP contribution in [0.2, 0.25) is 0 Å². The van der Waals surface area contributed by atoms with Crippen LogP contribution in [-0.4, -0.2) is 67.8 Å². The number of halogens is 1. The van der Waals surface area contributed by atoms with Gasteiger partial charge in [-0.05, 0) is 55.6 Å². The summed E-state index contributed by atoms with van der Waals surface area (Å²) in [6.45, 7) is 5.02. The van der Waals surface area contributed by atoms with Crippen molar-refractivity contribution >= 4 is 5.91 Å². The van der Waals surface area contributed by atoms with Crippen molar-refractivity contribution in [2.75, 3.05) is 26.2 Å². The molecule has 1 aromatic carbocycles. The van der Waals surface area contributed by atoms with E-state index in [4.69, 9.17) is 5.26 Å². The van der Waals surface area contributed by atoms with Gasteiger partial charge in [0.2, 0.25) is 5.88 Å². The van der Waals surface area contributed by atoms with Crippen LogP contribution in [0.3, 0.4) is 0 Å². The van der Waals surface area contributed by atoms with Gasteiger partial charge < -0.3 is 10.0 Å². The first-order valence-electron chi connectivity index (χ1n) is 10.9. The Balaban J connectivity index is 1.37. The Labute approximate surface area is 190 Å². The molecule has 3 aromatic rings. The molecule has 2 aliphatic rings. The predicted octanol–water partition coefficient (Wildman–Crippen LogP) is 2.88. The number of amides is 1. The molecule has 0 radical (unpaired) electrons. The fraction of sp³-hybridized carbons (Fsp3) is 0.333. The number of carbonyl (C=O) groups excluding carboxylic acids is 1. The van der Waals surface area contributed by atoms with Crippen LogP contribution in [0.5, 0.6) is 5.88 Å². The summed E-state index contributed by atoms with van der Waals surface area (Å²) in [7, 11) is 0. The Kier molecular flexibility index (Phi) is 5.30. The molecule has 1 N–H and O–H groups in total. The number of nitrogens with zero attached hydrogens (tertiary/aromatic N) is 6.